The van der Waals surface area contributed by atoms with Crippen molar-refractivity contribution in [3.63, 3.8) is 0 Å². The molecule has 0 saturated carbocycles. The predicted molar refractivity (Wildman–Crippen MR) is 237 cm³/mol. The molecule has 0 heterocycles. The molecule has 0 bridgehead atoms. The first-order valence-corrected chi connectivity index (χ1v) is 31.4. The number of amides is 2. The monoisotopic (exact) mass is 865 g/mol. The third kappa shape index (κ3) is 8.10. The molecular formula is C48H58BCl2N2O2Zr. The minimum atomic E-state index is -5.93. The van der Waals surface area contributed by atoms with Crippen molar-refractivity contribution >= 4 is 46.5 Å². The van der Waals surface area contributed by atoms with Gasteiger partial charge in [-0.15, -0.1) is 0 Å². The fraction of sp³-hybridized carbons (Fsp3) is 0.375. The first-order valence-electron chi connectivity index (χ1n) is 20.8. The van der Waals surface area contributed by atoms with E-state index in [9.17, 15) is 9.59 Å². The van der Waals surface area contributed by atoms with Crippen LogP contribution in [0.4, 0.5) is 0 Å². The van der Waals surface area contributed by atoms with Crippen LogP contribution in [0.1, 0.15) is 121 Å². The van der Waals surface area contributed by atoms with Gasteiger partial charge in [0.05, 0.1) is 0 Å². The number of rotatable bonds is 19. The van der Waals surface area contributed by atoms with Gasteiger partial charge < -0.3 is 0 Å². The predicted octanol–water partition coefficient (Wildman–Crippen LogP) is 12.8. The van der Waals surface area contributed by atoms with Crippen LogP contribution in [0.2, 0.25) is 0 Å². The third-order valence-corrected chi connectivity index (χ3v) is 32.0. The second-order valence-electron chi connectivity index (χ2n) is 16.9. The molecule has 2 atom stereocenters. The van der Waals surface area contributed by atoms with E-state index in [1.165, 1.54) is 44.5 Å². The number of carbonyl (C=O) groups is 2. The quantitative estimate of drug-likeness (QED) is 0.0729. The molecule has 0 radical (unpaired) electrons. The molecule has 2 unspecified atom stereocenters. The van der Waals surface area contributed by atoms with Crippen molar-refractivity contribution in [1.29, 1.82) is 0 Å². The molecule has 0 fully saturated rings. The molecule has 4 aromatic rings. The van der Waals surface area contributed by atoms with Crippen LogP contribution in [-0.2, 0) is 38.6 Å². The molecule has 2 aliphatic rings. The molecule has 0 aromatic heterocycles. The van der Waals surface area contributed by atoms with E-state index in [1.54, 1.807) is 0 Å². The summed E-state index contributed by atoms with van der Waals surface area (Å²) in [5, 5.41) is 6.07. The molecule has 293 valence electrons. The van der Waals surface area contributed by atoms with Gasteiger partial charge in [0.15, 0.2) is 0 Å². The van der Waals surface area contributed by atoms with E-state index in [1.807, 2.05) is 0 Å². The van der Waals surface area contributed by atoms with E-state index < -0.39 is 27.9 Å². The van der Waals surface area contributed by atoms with Gasteiger partial charge in [-0.25, -0.2) is 0 Å². The molecule has 2 amide bonds. The Morgan fingerprint density at radius 1 is 0.607 bits per heavy atom. The Morgan fingerprint density at radius 2 is 1.00 bits per heavy atom. The van der Waals surface area contributed by atoms with Gasteiger partial charge in [0, 0.05) is 0 Å². The Kier molecular flexibility index (Phi) is 13.8. The van der Waals surface area contributed by atoms with Gasteiger partial charge in [-0.3, -0.25) is 0 Å². The zero-order chi connectivity index (χ0) is 40.1. The summed E-state index contributed by atoms with van der Waals surface area (Å²) in [6, 6.07) is 30.6. The van der Waals surface area contributed by atoms with E-state index in [0.29, 0.717) is 24.7 Å². The molecule has 0 aliphatic heterocycles. The van der Waals surface area contributed by atoms with E-state index in [4.69, 9.17) is 17.0 Å². The Balaban J connectivity index is 1.66. The normalized spacial score (nSPS) is 16.8. The summed E-state index contributed by atoms with van der Waals surface area (Å²) in [6.07, 6.45) is 14.0. The number of benzene rings is 4. The molecule has 4 nitrogen and oxygen atoms in total. The summed E-state index contributed by atoms with van der Waals surface area (Å²) < 4.78 is -1.73. The van der Waals surface area contributed by atoms with Gasteiger partial charge in [0.1, 0.15) is 0 Å². The molecule has 8 heteroatoms. The van der Waals surface area contributed by atoms with Crippen molar-refractivity contribution in [2.24, 2.45) is 11.8 Å². The van der Waals surface area contributed by atoms with Crippen LogP contribution >= 0.6 is 17.0 Å². The number of carbonyl (C=O) groups excluding carboxylic acids is 2. The fourth-order valence-electron chi connectivity index (χ4n) is 9.74. The molecule has 4 aromatic carbocycles. The molecule has 6 rings (SSSR count). The van der Waals surface area contributed by atoms with Crippen molar-refractivity contribution in [2.75, 3.05) is 0 Å². The number of hydrogen-bond acceptors (Lipinski definition) is 2. The molecule has 0 saturated heterocycles. The van der Waals surface area contributed by atoms with Crippen LogP contribution in [0.5, 0.6) is 0 Å². The minimum absolute atomic E-state index is 0.315. The molecule has 56 heavy (non-hydrogen) atoms. The average molecular weight is 868 g/mol. The van der Waals surface area contributed by atoms with Gasteiger partial charge in [0.2, 0.25) is 0 Å². The van der Waals surface area contributed by atoms with Gasteiger partial charge in [-0.1, -0.05) is 0 Å². The molecule has 2 aliphatic carbocycles. The summed E-state index contributed by atoms with van der Waals surface area (Å²) in [5.41, 5.74) is 14.2. The number of halogens is 2. The number of hydrogen-bond donors (Lipinski definition) is 2. The Bertz CT molecular complexity index is 1980. The topological polar surface area (TPSA) is 58.2 Å². The summed E-state index contributed by atoms with van der Waals surface area (Å²) in [4.78, 5) is 25.3. The van der Waals surface area contributed by atoms with Gasteiger partial charge in [-0.05, 0) is 0 Å². The van der Waals surface area contributed by atoms with Crippen LogP contribution in [0, 0.1) is 11.8 Å². The number of nitrogens with one attached hydrogen (secondary N) is 2. The second-order valence-corrected chi connectivity index (χ2v) is 38.3. The first-order chi connectivity index (χ1) is 27.0. The third-order valence-electron chi connectivity index (χ3n) is 11.9. The van der Waals surface area contributed by atoms with Crippen molar-refractivity contribution in [3.05, 3.63) is 129 Å². The standard InChI is InChI=1S/2C23H27.C2H3BN2O2.2ClH.Zr/c2*1-4-5-9-19-10-6-7-12-21(19)22-13-8-11-20-15-18(14-17(2)3)16-23(20)22;6-1-4-3-5-2-7;;;/h2*6-8,10-13,15-17H,4-5,9,14H2,1-3H3;1-2H,(H-,4,5,6,7);2*1H;/q;;;;;+1/p-1. The maximum atomic E-state index is 12.7. The van der Waals surface area contributed by atoms with Crippen molar-refractivity contribution < 1.29 is 25.8 Å². The van der Waals surface area contributed by atoms with E-state index in [0.717, 1.165) is 73.6 Å². The van der Waals surface area contributed by atoms with Crippen LogP contribution in [0.3, 0.4) is 0 Å². The summed E-state index contributed by atoms with van der Waals surface area (Å²) in [5.74, 6) is 0.630. The van der Waals surface area contributed by atoms with Crippen LogP contribution < -0.4 is 10.5 Å². The van der Waals surface area contributed by atoms with E-state index in [2.05, 4.69) is 149 Å². The van der Waals surface area contributed by atoms with Crippen LogP contribution in [0.15, 0.2) is 96.1 Å². The van der Waals surface area contributed by atoms with E-state index >= 15 is 0 Å². The Labute approximate surface area is 344 Å². The summed E-state index contributed by atoms with van der Waals surface area (Å²) in [6.45, 7) is 13.4. The van der Waals surface area contributed by atoms with Gasteiger partial charge in [0.25, 0.3) is 0 Å². The van der Waals surface area contributed by atoms with Crippen molar-refractivity contribution in [2.45, 2.75) is 100 Å². The van der Waals surface area contributed by atoms with Gasteiger partial charge >= 0.3 is 346 Å². The SMILES string of the molecule is CCCCc1ccccc1-c1cccc2c1C=C(CC(C)C)[CH]2[Zr]([Cl])([Cl])([B](NC=O)NC=O)[CH]1C(CC(C)C)=Cc2c(-c3ccccc3CCCC)cccc21. The number of fused-ring (bicyclic) bond motifs is 2. The van der Waals surface area contributed by atoms with Gasteiger partial charge in [-0.2, -0.15) is 0 Å². The number of allylic oxidation sites excluding steroid dienone is 2. The first kappa shape index (κ1) is 42.4. The Hall–Kier alpha value is -3.17. The maximum absolute atomic E-state index is 12.7. The Morgan fingerprint density at radius 3 is 1.38 bits per heavy atom. The fourth-order valence-corrected chi connectivity index (χ4v) is 30.3. The summed E-state index contributed by atoms with van der Waals surface area (Å²) in [7, 11) is 17.6. The molecular weight excluding hydrogens is 809 g/mol. The summed E-state index contributed by atoms with van der Waals surface area (Å²) >= 11 is -5.93. The zero-order valence-corrected chi connectivity index (χ0v) is 38.0. The van der Waals surface area contributed by atoms with Crippen molar-refractivity contribution in [3.8, 4) is 22.3 Å². The van der Waals surface area contributed by atoms with Crippen LogP contribution in [0.25, 0.3) is 34.4 Å². The average Bonchev–Trinajstić information content (AvgIpc) is 3.75. The van der Waals surface area contributed by atoms with Crippen LogP contribution in [-0.4, -0.2) is 17.3 Å². The number of aryl methyl sites for hydroxylation is 2. The van der Waals surface area contributed by atoms with Crippen molar-refractivity contribution in [1.82, 2.24) is 10.5 Å². The molecule has 0 spiro atoms. The molecule has 2 N–H and O–H groups in total. The van der Waals surface area contributed by atoms with E-state index in [-0.39, 0.29) is 0 Å². The zero-order valence-electron chi connectivity index (χ0n) is 34.0. The second kappa shape index (κ2) is 18.2. The number of unbranched alkanes of at least 4 members (excludes halogenated alkanes) is 2.